The maximum Gasteiger partial charge on any atom is 0.317 e. The lowest BCUT2D eigenvalue weighted by Gasteiger charge is -2.19. The maximum atomic E-state index is 11.6. The summed E-state index contributed by atoms with van der Waals surface area (Å²) >= 11 is 1.67. The molecule has 0 aliphatic heterocycles. The monoisotopic (exact) mass is 271 g/mol. The molecule has 0 radical (unpaired) electrons. The minimum Gasteiger partial charge on any atom is -0.392 e. The van der Waals surface area contributed by atoms with E-state index in [1.54, 1.807) is 25.3 Å². The van der Waals surface area contributed by atoms with Crippen molar-refractivity contribution in [1.29, 1.82) is 0 Å². The first-order chi connectivity index (χ1) is 8.40. The number of hydrogen-bond donors (Lipinski definition) is 2. The summed E-state index contributed by atoms with van der Waals surface area (Å²) in [4.78, 5) is 18.7. The van der Waals surface area contributed by atoms with Crippen molar-refractivity contribution in [3.63, 3.8) is 0 Å². The Morgan fingerprint density at radius 2 is 2.22 bits per heavy atom. The number of thiazole rings is 1. The number of amides is 2. The third-order valence-corrected chi connectivity index (χ3v) is 3.71. The number of carbonyl (C=O) groups is 1. The molecule has 1 unspecified atom stereocenters. The fraction of sp³-hybridized carbons (Fsp3) is 0.667. The number of rotatable bonds is 5. The summed E-state index contributed by atoms with van der Waals surface area (Å²) in [5.74, 6) is 0. The summed E-state index contributed by atoms with van der Waals surface area (Å²) in [5.41, 5.74) is 1.06. The van der Waals surface area contributed by atoms with E-state index in [1.807, 2.05) is 13.8 Å². The van der Waals surface area contributed by atoms with Gasteiger partial charge in [-0.05, 0) is 20.8 Å². The Balaban J connectivity index is 2.31. The number of nitrogens with zero attached hydrogens (tertiary/aromatic N) is 2. The molecule has 0 aliphatic rings. The summed E-state index contributed by atoms with van der Waals surface area (Å²) in [5, 5.41) is 13.0. The van der Waals surface area contributed by atoms with E-state index in [1.165, 1.54) is 9.78 Å². The molecule has 0 fully saturated rings. The molecular weight excluding hydrogens is 250 g/mol. The standard InChI is InChI=1S/C12H21N3O2S/c1-8(16)7-15(4)12(17)13-6-5-11-14-9(2)10(3)18-11/h8,16H,5-7H2,1-4H3,(H,13,17). The zero-order chi connectivity index (χ0) is 13.7. The van der Waals surface area contributed by atoms with Gasteiger partial charge in [-0.15, -0.1) is 11.3 Å². The lowest BCUT2D eigenvalue weighted by Crippen LogP contribution is -2.41. The molecule has 0 aromatic carbocycles. The van der Waals surface area contributed by atoms with Gasteiger partial charge in [0.15, 0.2) is 0 Å². The van der Waals surface area contributed by atoms with Gasteiger partial charge in [-0.25, -0.2) is 9.78 Å². The highest BCUT2D eigenvalue weighted by Gasteiger charge is 2.10. The molecule has 102 valence electrons. The van der Waals surface area contributed by atoms with Gasteiger partial charge in [0.05, 0.1) is 16.8 Å². The predicted octanol–water partition coefficient (Wildman–Crippen LogP) is 1.32. The maximum absolute atomic E-state index is 11.6. The first kappa shape index (κ1) is 14.9. The SMILES string of the molecule is Cc1nc(CCNC(=O)N(C)CC(C)O)sc1C. The number of likely N-dealkylation sites (N-methyl/N-ethyl adjacent to an activating group) is 1. The number of aliphatic hydroxyl groups excluding tert-OH is 1. The van der Waals surface area contributed by atoms with E-state index in [9.17, 15) is 9.90 Å². The quantitative estimate of drug-likeness (QED) is 0.849. The summed E-state index contributed by atoms with van der Waals surface area (Å²) in [6.45, 7) is 6.59. The van der Waals surface area contributed by atoms with Crippen LogP contribution in [0.1, 0.15) is 22.5 Å². The second-order valence-corrected chi connectivity index (χ2v) is 5.75. The second-order valence-electron chi connectivity index (χ2n) is 4.46. The van der Waals surface area contributed by atoms with Gasteiger partial charge in [-0.3, -0.25) is 0 Å². The molecule has 0 aliphatic carbocycles. The molecule has 1 aromatic rings. The zero-order valence-electron chi connectivity index (χ0n) is 11.4. The predicted molar refractivity (Wildman–Crippen MR) is 73.0 cm³/mol. The molecular formula is C12H21N3O2S. The normalized spacial score (nSPS) is 12.3. The van der Waals surface area contributed by atoms with Crippen LogP contribution in [0.25, 0.3) is 0 Å². The summed E-state index contributed by atoms with van der Waals surface area (Å²) in [6.07, 6.45) is 0.234. The van der Waals surface area contributed by atoms with Crippen molar-refractivity contribution >= 4 is 17.4 Å². The molecule has 0 spiro atoms. The molecule has 1 aromatic heterocycles. The fourth-order valence-corrected chi connectivity index (χ4v) is 2.47. The van der Waals surface area contributed by atoms with E-state index in [-0.39, 0.29) is 6.03 Å². The molecule has 0 saturated heterocycles. The van der Waals surface area contributed by atoms with E-state index in [0.29, 0.717) is 13.1 Å². The number of nitrogens with one attached hydrogen (secondary N) is 1. The topological polar surface area (TPSA) is 65.5 Å². The van der Waals surface area contributed by atoms with E-state index in [2.05, 4.69) is 10.3 Å². The van der Waals surface area contributed by atoms with Gasteiger partial charge in [-0.2, -0.15) is 0 Å². The lowest BCUT2D eigenvalue weighted by molar-refractivity contribution is 0.144. The van der Waals surface area contributed by atoms with Gasteiger partial charge in [0.1, 0.15) is 0 Å². The zero-order valence-corrected chi connectivity index (χ0v) is 12.2. The van der Waals surface area contributed by atoms with E-state index < -0.39 is 6.10 Å². The molecule has 1 rings (SSSR count). The van der Waals surface area contributed by atoms with Crippen LogP contribution in [-0.2, 0) is 6.42 Å². The first-order valence-corrected chi connectivity index (χ1v) is 6.81. The highest BCUT2D eigenvalue weighted by molar-refractivity contribution is 7.11. The number of urea groups is 1. The second kappa shape index (κ2) is 6.70. The van der Waals surface area contributed by atoms with E-state index >= 15 is 0 Å². The summed E-state index contributed by atoms with van der Waals surface area (Å²) in [6, 6.07) is -0.166. The number of hydrogen-bond acceptors (Lipinski definition) is 4. The molecule has 0 bridgehead atoms. The molecule has 5 nitrogen and oxygen atoms in total. The van der Waals surface area contributed by atoms with Crippen LogP contribution in [0.15, 0.2) is 0 Å². The molecule has 18 heavy (non-hydrogen) atoms. The third kappa shape index (κ3) is 4.62. The number of aliphatic hydroxyl groups is 1. The Morgan fingerprint density at radius 1 is 1.56 bits per heavy atom. The van der Waals surface area contributed by atoms with Crippen molar-refractivity contribution < 1.29 is 9.90 Å². The van der Waals surface area contributed by atoms with Gasteiger partial charge in [0.25, 0.3) is 0 Å². The number of aromatic nitrogens is 1. The molecule has 0 saturated carbocycles. The smallest absolute Gasteiger partial charge is 0.317 e. The summed E-state index contributed by atoms with van der Waals surface area (Å²) in [7, 11) is 1.67. The van der Waals surface area contributed by atoms with Crippen molar-refractivity contribution in [2.45, 2.75) is 33.3 Å². The van der Waals surface area contributed by atoms with Crippen LogP contribution >= 0.6 is 11.3 Å². The fourth-order valence-electron chi connectivity index (χ4n) is 1.54. The van der Waals surface area contributed by atoms with Crippen LogP contribution in [-0.4, -0.2) is 47.3 Å². The van der Waals surface area contributed by atoms with Crippen LogP contribution in [0.5, 0.6) is 0 Å². The number of carbonyl (C=O) groups excluding carboxylic acids is 1. The Kier molecular flexibility index (Phi) is 5.55. The average Bonchev–Trinajstić information content (AvgIpc) is 2.57. The van der Waals surface area contributed by atoms with Crippen LogP contribution < -0.4 is 5.32 Å². The molecule has 1 heterocycles. The first-order valence-electron chi connectivity index (χ1n) is 6.00. The van der Waals surface area contributed by atoms with Gasteiger partial charge >= 0.3 is 6.03 Å². The number of aryl methyl sites for hydroxylation is 2. The van der Waals surface area contributed by atoms with Crippen molar-refractivity contribution in [2.75, 3.05) is 20.1 Å². The largest absolute Gasteiger partial charge is 0.392 e. The molecule has 6 heteroatoms. The van der Waals surface area contributed by atoms with Gasteiger partial charge in [0, 0.05) is 31.4 Å². The van der Waals surface area contributed by atoms with Gasteiger partial charge in [-0.1, -0.05) is 0 Å². The third-order valence-electron chi connectivity index (χ3n) is 2.57. The summed E-state index contributed by atoms with van der Waals surface area (Å²) < 4.78 is 0. The van der Waals surface area contributed by atoms with Crippen molar-refractivity contribution in [2.24, 2.45) is 0 Å². The molecule has 1 atom stereocenters. The highest BCUT2D eigenvalue weighted by Crippen LogP contribution is 2.16. The Morgan fingerprint density at radius 3 is 2.72 bits per heavy atom. The van der Waals surface area contributed by atoms with Crippen molar-refractivity contribution in [3.8, 4) is 0 Å². The highest BCUT2D eigenvalue weighted by atomic mass is 32.1. The van der Waals surface area contributed by atoms with E-state index in [0.717, 1.165) is 17.1 Å². The minimum atomic E-state index is -0.509. The van der Waals surface area contributed by atoms with Crippen LogP contribution in [0.4, 0.5) is 4.79 Å². The molecule has 2 amide bonds. The Bertz CT molecular complexity index is 385. The van der Waals surface area contributed by atoms with Crippen molar-refractivity contribution in [3.05, 3.63) is 15.6 Å². The Labute approximate surface area is 112 Å². The van der Waals surface area contributed by atoms with Gasteiger partial charge < -0.3 is 15.3 Å². The van der Waals surface area contributed by atoms with Crippen LogP contribution in [0, 0.1) is 13.8 Å². The van der Waals surface area contributed by atoms with Crippen LogP contribution in [0.3, 0.4) is 0 Å². The Hall–Kier alpha value is -1.14. The van der Waals surface area contributed by atoms with Crippen LogP contribution in [0.2, 0.25) is 0 Å². The minimum absolute atomic E-state index is 0.166. The average molecular weight is 271 g/mol. The lowest BCUT2D eigenvalue weighted by atomic mass is 10.4. The van der Waals surface area contributed by atoms with E-state index in [4.69, 9.17) is 0 Å². The van der Waals surface area contributed by atoms with Gasteiger partial charge in [0.2, 0.25) is 0 Å². The van der Waals surface area contributed by atoms with Crippen molar-refractivity contribution in [1.82, 2.24) is 15.2 Å². The molecule has 2 N–H and O–H groups in total.